The Morgan fingerprint density at radius 3 is 2.76 bits per heavy atom. The molecule has 1 aliphatic heterocycles. The van der Waals surface area contributed by atoms with E-state index in [2.05, 4.69) is 9.97 Å². The van der Waals surface area contributed by atoms with Crippen molar-refractivity contribution in [3.63, 3.8) is 0 Å². The number of anilines is 1. The van der Waals surface area contributed by atoms with E-state index >= 15 is 0 Å². The lowest BCUT2D eigenvalue weighted by atomic mass is 10.1. The van der Waals surface area contributed by atoms with Crippen molar-refractivity contribution in [1.29, 1.82) is 0 Å². The van der Waals surface area contributed by atoms with Gasteiger partial charge in [-0.3, -0.25) is 4.79 Å². The van der Waals surface area contributed by atoms with Gasteiger partial charge in [-0.2, -0.15) is 0 Å². The number of likely N-dealkylation sites (tertiary alicyclic amines) is 1. The molecule has 7 heteroatoms. The number of rotatable bonds is 4. The number of nitrogens with zero attached hydrogens (tertiary/aromatic N) is 3. The third-order valence-electron chi connectivity index (χ3n) is 4.44. The van der Waals surface area contributed by atoms with Gasteiger partial charge in [-0.1, -0.05) is 23.7 Å². The van der Waals surface area contributed by atoms with Crippen LogP contribution in [0, 0.1) is 6.92 Å². The molecule has 1 aromatic carbocycles. The molecule has 0 bridgehead atoms. The highest BCUT2D eigenvalue weighted by Gasteiger charge is 2.29. The van der Waals surface area contributed by atoms with Crippen LogP contribution in [-0.4, -0.2) is 47.1 Å². The van der Waals surface area contributed by atoms with Crippen molar-refractivity contribution >= 4 is 23.5 Å². The van der Waals surface area contributed by atoms with E-state index in [0.29, 0.717) is 28.6 Å². The Labute approximate surface area is 152 Å². The molecule has 1 saturated heterocycles. The molecule has 0 unspecified atom stereocenters. The van der Waals surface area contributed by atoms with Gasteiger partial charge in [0.25, 0.3) is 5.91 Å². The highest BCUT2D eigenvalue weighted by Crippen LogP contribution is 2.29. The highest BCUT2D eigenvalue weighted by atomic mass is 35.5. The first-order valence-corrected chi connectivity index (χ1v) is 8.59. The Morgan fingerprint density at radius 1 is 1.36 bits per heavy atom. The van der Waals surface area contributed by atoms with Crippen molar-refractivity contribution < 1.29 is 9.53 Å². The molecule has 0 radical (unpaired) electrons. The quantitative estimate of drug-likeness (QED) is 0.906. The van der Waals surface area contributed by atoms with E-state index in [1.807, 2.05) is 17.0 Å². The molecule has 1 aliphatic rings. The maximum absolute atomic E-state index is 12.8. The Bertz CT molecular complexity index is 779. The third kappa shape index (κ3) is 3.60. The SMILES string of the molecule is COC[C@@H]1CCCN1C(=O)c1ccc(-c2nc(N)nc(C)c2Cl)cc1. The number of hydrogen-bond acceptors (Lipinski definition) is 5. The molecule has 1 aromatic heterocycles. The van der Waals surface area contributed by atoms with Crippen molar-refractivity contribution in [3.8, 4) is 11.3 Å². The van der Waals surface area contributed by atoms with Gasteiger partial charge in [0.15, 0.2) is 0 Å². The van der Waals surface area contributed by atoms with E-state index in [9.17, 15) is 4.79 Å². The Hall–Kier alpha value is -2.18. The van der Waals surface area contributed by atoms with Gasteiger partial charge in [-0.15, -0.1) is 0 Å². The van der Waals surface area contributed by atoms with Gasteiger partial charge >= 0.3 is 0 Å². The molecular formula is C18H21ClN4O2. The Morgan fingerprint density at radius 2 is 2.08 bits per heavy atom. The van der Waals surface area contributed by atoms with Crippen molar-refractivity contribution in [3.05, 3.63) is 40.5 Å². The first-order chi connectivity index (χ1) is 12.0. The molecule has 132 valence electrons. The van der Waals surface area contributed by atoms with Crippen LogP contribution in [0.3, 0.4) is 0 Å². The van der Waals surface area contributed by atoms with Gasteiger partial charge in [0, 0.05) is 24.8 Å². The zero-order chi connectivity index (χ0) is 18.0. The molecule has 1 fully saturated rings. The summed E-state index contributed by atoms with van der Waals surface area (Å²) in [6, 6.07) is 7.41. The predicted molar refractivity (Wildman–Crippen MR) is 97.6 cm³/mol. The van der Waals surface area contributed by atoms with E-state index < -0.39 is 0 Å². The van der Waals surface area contributed by atoms with Gasteiger partial charge < -0.3 is 15.4 Å². The summed E-state index contributed by atoms with van der Waals surface area (Å²) in [6.45, 7) is 3.12. The molecule has 3 rings (SSSR count). The average Bonchev–Trinajstić information content (AvgIpc) is 3.06. The van der Waals surface area contributed by atoms with Crippen LogP contribution < -0.4 is 5.73 Å². The van der Waals surface area contributed by atoms with Crippen molar-refractivity contribution in [2.45, 2.75) is 25.8 Å². The molecule has 0 spiro atoms. The zero-order valence-corrected chi connectivity index (χ0v) is 15.1. The van der Waals surface area contributed by atoms with Gasteiger partial charge in [0.1, 0.15) is 0 Å². The number of ether oxygens (including phenoxy) is 1. The van der Waals surface area contributed by atoms with Crippen molar-refractivity contribution in [2.75, 3.05) is 26.0 Å². The van der Waals surface area contributed by atoms with E-state index in [4.69, 9.17) is 22.1 Å². The maximum atomic E-state index is 12.8. The van der Waals surface area contributed by atoms with Crippen LogP contribution in [0.1, 0.15) is 28.9 Å². The third-order valence-corrected chi connectivity index (χ3v) is 4.89. The van der Waals surface area contributed by atoms with Crippen molar-refractivity contribution in [1.82, 2.24) is 14.9 Å². The minimum Gasteiger partial charge on any atom is -0.383 e. The summed E-state index contributed by atoms with van der Waals surface area (Å²) in [5.41, 5.74) is 8.36. The van der Waals surface area contributed by atoms with E-state index in [1.165, 1.54) is 0 Å². The van der Waals surface area contributed by atoms with E-state index in [-0.39, 0.29) is 17.9 Å². The number of aryl methyl sites for hydroxylation is 1. The summed E-state index contributed by atoms with van der Waals surface area (Å²) in [4.78, 5) is 22.9. The lowest BCUT2D eigenvalue weighted by Gasteiger charge is -2.24. The average molecular weight is 361 g/mol. The molecule has 2 heterocycles. The van der Waals surface area contributed by atoms with Gasteiger partial charge in [-0.25, -0.2) is 9.97 Å². The number of halogens is 1. The fraction of sp³-hybridized carbons (Fsp3) is 0.389. The van der Waals surface area contributed by atoms with Crippen LogP contribution in [0.25, 0.3) is 11.3 Å². The molecule has 25 heavy (non-hydrogen) atoms. The molecule has 1 amide bonds. The molecule has 0 saturated carbocycles. The first-order valence-electron chi connectivity index (χ1n) is 8.21. The van der Waals surface area contributed by atoms with Crippen LogP contribution in [0.4, 0.5) is 5.95 Å². The largest absolute Gasteiger partial charge is 0.383 e. The van der Waals surface area contributed by atoms with Crippen LogP contribution in [0.5, 0.6) is 0 Å². The number of benzene rings is 1. The van der Waals surface area contributed by atoms with Gasteiger partial charge in [0.2, 0.25) is 5.95 Å². The summed E-state index contributed by atoms with van der Waals surface area (Å²) >= 11 is 6.29. The lowest BCUT2D eigenvalue weighted by molar-refractivity contribution is 0.0630. The highest BCUT2D eigenvalue weighted by molar-refractivity contribution is 6.33. The Kier molecular flexibility index (Phi) is 5.20. The number of nitrogen functional groups attached to an aromatic ring is 1. The maximum Gasteiger partial charge on any atom is 0.254 e. The number of carbonyl (C=O) groups is 1. The predicted octanol–water partition coefficient (Wildman–Crippen LogP) is 2.94. The molecule has 2 aromatic rings. The minimum absolute atomic E-state index is 0.0237. The topological polar surface area (TPSA) is 81.3 Å². The molecule has 2 N–H and O–H groups in total. The van der Waals surface area contributed by atoms with E-state index in [0.717, 1.165) is 24.9 Å². The summed E-state index contributed by atoms with van der Waals surface area (Å²) in [5.74, 6) is 0.201. The van der Waals surface area contributed by atoms with Gasteiger partial charge in [-0.05, 0) is 31.9 Å². The van der Waals surface area contributed by atoms with Crippen LogP contribution in [0.15, 0.2) is 24.3 Å². The smallest absolute Gasteiger partial charge is 0.254 e. The van der Waals surface area contributed by atoms with E-state index in [1.54, 1.807) is 26.2 Å². The number of nitrogens with two attached hydrogens (primary N) is 1. The normalized spacial score (nSPS) is 17.1. The fourth-order valence-electron chi connectivity index (χ4n) is 3.18. The van der Waals surface area contributed by atoms with Gasteiger partial charge in [0.05, 0.1) is 29.1 Å². The first kappa shape index (κ1) is 17.6. The monoisotopic (exact) mass is 360 g/mol. The summed E-state index contributed by atoms with van der Waals surface area (Å²) < 4.78 is 5.22. The number of carbonyl (C=O) groups excluding carboxylic acids is 1. The second-order valence-corrected chi connectivity index (χ2v) is 6.54. The molecule has 0 aliphatic carbocycles. The number of amides is 1. The number of aromatic nitrogens is 2. The lowest BCUT2D eigenvalue weighted by Crippen LogP contribution is -2.38. The molecule has 1 atom stereocenters. The fourth-order valence-corrected chi connectivity index (χ4v) is 3.37. The minimum atomic E-state index is 0.0237. The summed E-state index contributed by atoms with van der Waals surface area (Å²) in [5, 5.41) is 0.466. The van der Waals surface area contributed by atoms with Crippen LogP contribution in [0.2, 0.25) is 5.02 Å². The van der Waals surface area contributed by atoms with Crippen LogP contribution in [-0.2, 0) is 4.74 Å². The number of hydrogen-bond donors (Lipinski definition) is 1. The molecule has 6 nitrogen and oxygen atoms in total. The second kappa shape index (κ2) is 7.37. The molecular weight excluding hydrogens is 340 g/mol. The standard InChI is InChI=1S/C18H21ClN4O2/c1-11-15(19)16(22-18(20)21-11)12-5-7-13(8-6-12)17(24)23-9-3-4-14(23)10-25-2/h5-8,14H,3-4,9-10H2,1-2H3,(H2,20,21,22)/t14-/m0/s1. The van der Waals surface area contributed by atoms with Crippen LogP contribution >= 0.6 is 11.6 Å². The second-order valence-electron chi connectivity index (χ2n) is 6.16. The summed E-state index contributed by atoms with van der Waals surface area (Å²) in [7, 11) is 1.66. The Balaban J connectivity index is 1.84. The number of methoxy groups -OCH3 is 1. The van der Waals surface area contributed by atoms with Crippen molar-refractivity contribution in [2.24, 2.45) is 0 Å². The summed E-state index contributed by atoms with van der Waals surface area (Å²) in [6.07, 6.45) is 1.99. The zero-order valence-electron chi connectivity index (χ0n) is 14.3.